The van der Waals surface area contributed by atoms with E-state index in [1.807, 2.05) is 13.0 Å². The van der Waals surface area contributed by atoms with Crippen molar-refractivity contribution in [2.75, 3.05) is 7.11 Å². The standard InChI is InChI=1S/C15H14ClNO4/c1-10-7-13(4-3-11(10)9-16)21-15-6-5-12(20-2)8-14(15)17(18)19/h3-8H,9H2,1-2H3. The zero-order valence-electron chi connectivity index (χ0n) is 11.6. The van der Waals surface area contributed by atoms with Gasteiger partial charge in [-0.05, 0) is 42.3 Å². The number of methoxy groups -OCH3 is 1. The number of nitro groups is 1. The second-order valence-electron chi connectivity index (χ2n) is 4.41. The van der Waals surface area contributed by atoms with Crippen LogP contribution in [0.5, 0.6) is 17.2 Å². The van der Waals surface area contributed by atoms with E-state index in [1.165, 1.54) is 19.2 Å². The maximum absolute atomic E-state index is 11.1. The third-order valence-corrected chi connectivity index (χ3v) is 3.34. The first-order chi connectivity index (χ1) is 10.0. The van der Waals surface area contributed by atoms with Crippen molar-refractivity contribution in [3.05, 3.63) is 57.6 Å². The predicted molar refractivity (Wildman–Crippen MR) is 80.5 cm³/mol. The number of hydrogen-bond acceptors (Lipinski definition) is 4. The third-order valence-electron chi connectivity index (χ3n) is 3.05. The molecule has 6 heteroatoms. The molecule has 21 heavy (non-hydrogen) atoms. The van der Waals surface area contributed by atoms with E-state index in [-0.39, 0.29) is 11.4 Å². The first kappa shape index (κ1) is 15.1. The van der Waals surface area contributed by atoms with Crippen LogP contribution >= 0.6 is 11.6 Å². The van der Waals surface area contributed by atoms with E-state index in [0.717, 1.165) is 11.1 Å². The molecule has 0 aliphatic rings. The molecule has 0 amide bonds. The molecule has 2 aromatic rings. The van der Waals surface area contributed by atoms with Gasteiger partial charge in [0.2, 0.25) is 5.75 Å². The van der Waals surface area contributed by atoms with E-state index in [2.05, 4.69) is 0 Å². The van der Waals surface area contributed by atoms with Gasteiger partial charge in [0.15, 0.2) is 0 Å². The lowest BCUT2D eigenvalue weighted by atomic mass is 10.1. The van der Waals surface area contributed by atoms with Crippen molar-refractivity contribution in [1.82, 2.24) is 0 Å². The van der Waals surface area contributed by atoms with Crippen LogP contribution in [0.15, 0.2) is 36.4 Å². The number of benzene rings is 2. The smallest absolute Gasteiger partial charge is 0.315 e. The zero-order valence-corrected chi connectivity index (χ0v) is 12.4. The molecule has 0 saturated heterocycles. The summed E-state index contributed by atoms with van der Waals surface area (Å²) in [6, 6.07) is 9.83. The van der Waals surface area contributed by atoms with Crippen LogP contribution in [0.25, 0.3) is 0 Å². The highest BCUT2D eigenvalue weighted by molar-refractivity contribution is 6.17. The number of nitrogens with zero attached hydrogens (tertiary/aromatic N) is 1. The van der Waals surface area contributed by atoms with Crippen molar-refractivity contribution in [2.45, 2.75) is 12.8 Å². The fourth-order valence-corrected chi connectivity index (χ4v) is 2.16. The van der Waals surface area contributed by atoms with Crippen LogP contribution in [0.2, 0.25) is 0 Å². The van der Waals surface area contributed by atoms with Crippen LogP contribution < -0.4 is 9.47 Å². The molecule has 2 aromatic carbocycles. The molecule has 0 unspecified atom stereocenters. The van der Waals surface area contributed by atoms with Gasteiger partial charge in [0.05, 0.1) is 18.1 Å². The maximum atomic E-state index is 11.1. The van der Waals surface area contributed by atoms with Crippen molar-refractivity contribution >= 4 is 17.3 Å². The van der Waals surface area contributed by atoms with Crippen LogP contribution in [0.4, 0.5) is 5.69 Å². The number of alkyl halides is 1. The molecule has 0 aliphatic heterocycles. The van der Waals surface area contributed by atoms with Crippen LogP contribution in [0.3, 0.4) is 0 Å². The Morgan fingerprint density at radius 2 is 1.90 bits per heavy atom. The van der Waals surface area contributed by atoms with Crippen molar-refractivity contribution in [3.63, 3.8) is 0 Å². The number of halogens is 1. The average Bonchev–Trinajstić information content (AvgIpc) is 2.47. The Balaban J connectivity index is 2.35. The Labute approximate surface area is 127 Å². The lowest BCUT2D eigenvalue weighted by Crippen LogP contribution is -1.95. The van der Waals surface area contributed by atoms with E-state index in [0.29, 0.717) is 17.4 Å². The average molecular weight is 308 g/mol. The minimum absolute atomic E-state index is 0.145. The first-order valence-electron chi connectivity index (χ1n) is 6.21. The molecule has 0 saturated carbocycles. The van der Waals surface area contributed by atoms with Crippen molar-refractivity contribution in [1.29, 1.82) is 0 Å². The summed E-state index contributed by atoms with van der Waals surface area (Å²) >= 11 is 5.80. The highest BCUT2D eigenvalue weighted by Gasteiger charge is 2.17. The highest BCUT2D eigenvalue weighted by Crippen LogP contribution is 2.34. The molecule has 0 N–H and O–H groups in total. The summed E-state index contributed by atoms with van der Waals surface area (Å²) < 4.78 is 10.6. The zero-order chi connectivity index (χ0) is 15.4. The van der Waals surface area contributed by atoms with E-state index in [9.17, 15) is 10.1 Å². The van der Waals surface area contributed by atoms with Crippen molar-refractivity contribution in [3.8, 4) is 17.2 Å². The van der Waals surface area contributed by atoms with Gasteiger partial charge in [-0.1, -0.05) is 6.07 Å². The fraction of sp³-hybridized carbons (Fsp3) is 0.200. The SMILES string of the molecule is COc1ccc(Oc2ccc(CCl)c(C)c2)c([N+](=O)[O-])c1. The fourth-order valence-electron chi connectivity index (χ4n) is 1.86. The molecular weight excluding hydrogens is 294 g/mol. The number of rotatable bonds is 5. The van der Waals surface area contributed by atoms with E-state index < -0.39 is 4.92 Å². The van der Waals surface area contributed by atoms with E-state index in [4.69, 9.17) is 21.1 Å². The van der Waals surface area contributed by atoms with Crippen LogP contribution in [0.1, 0.15) is 11.1 Å². The lowest BCUT2D eigenvalue weighted by molar-refractivity contribution is -0.385. The molecule has 0 bridgehead atoms. The summed E-state index contributed by atoms with van der Waals surface area (Å²) in [6.45, 7) is 1.91. The number of aryl methyl sites for hydroxylation is 1. The molecule has 0 heterocycles. The second-order valence-corrected chi connectivity index (χ2v) is 4.68. The molecule has 5 nitrogen and oxygen atoms in total. The van der Waals surface area contributed by atoms with Gasteiger partial charge in [0.25, 0.3) is 0 Å². The topological polar surface area (TPSA) is 61.6 Å². The molecule has 0 radical (unpaired) electrons. The van der Waals surface area contributed by atoms with Crippen molar-refractivity contribution < 1.29 is 14.4 Å². The molecular formula is C15H14ClNO4. The Morgan fingerprint density at radius 1 is 1.19 bits per heavy atom. The summed E-state index contributed by atoms with van der Waals surface area (Å²) in [5, 5.41) is 11.1. The number of nitro benzene ring substituents is 1. The van der Waals surface area contributed by atoms with Gasteiger partial charge in [0, 0.05) is 5.88 Å². The maximum Gasteiger partial charge on any atom is 0.315 e. The normalized spacial score (nSPS) is 10.2. The molecule has 0 aliphatic carbocycles. The third kappa shape index (κ3) is 3.44. The molecule has 0 fully saturated rings. The predicted octanol–water partition coefficient (Wildman–Crippen LogP) is 4.44. The van der Waals surface area contributed by atoms with Gasteiger partial charge in [-0.2, -0.15) is 0 Å². The summed E-state index contributed by atoms with van der Waals surface area (Å²) in [4.78, 5) is 10.6. The highest BCUT2D eigenvalue weighted by atomic mass is 35.5. The van der Waals surface area contributed by atoms with Gasteiger partial charge in [-0.15, -0.1) is 11.6 Å². The minimum atomic E-state index is -0.502. The van der Waals surface area contributed by atoms with E-state index >= 15 is 0 Å². The lowest BCUT2D eigenvalue weighted by Gasteiger charge is -2.09. The molecule has 0 aromatic heterocycles. The molecule has 0 spiro atoms. The van der Waals surface area contributed by atoms with Crippen LogP contribution in [-0.4, -0.2) is 12.0 Å². The van der Waals surface area contributed by atoms with Gasteiger partial charge >= 0.3 is 5.69 Å². The quantitative estimate of drug-likeness (QED) is 0.465. The van der Waals surface area contributed by atoms with Gasteiger partial charge in [-0.3, -0.25) is 10.1 Å². The molecule has 0 atom stereocenters. The summed E-state index contributed by atoms with van der Waals surface area (Å²) in [5.74, 6) is 1.51. The van der Waals surface area contributed by atoms with E-state index in [1.54, 1.807) is 18.2 Å². The Morgan fingerprint density at radius 3 is 2.48 bits per heavy atom. The first-order valence-corrected chi connectivity index (χ1v) is 6.74. The Bertz CT molecular complexity index is 673. The largest absolute Gasteiger partial charge is 0.496 e. The van der Waals surface area contributed by atoms with Crippen molar-refractivity contribution in [2.24, 2.45) is 0 Å². The summed E-state index contributed by atoms with van der Waals surface area (Å²) in [6.07, 6.45) is 0. The Hall–Kier alpha value is -2.27. The molecule has 110 valence electrons. The monoisotopic (exact) mass is 307 g/mol. The Kier molecular flexibility index (Phi) is 4.65. The van der Waals surface area contributed by atoms with Gasteiger partial charge in [-0.25, -0.2) is 0 Å². The number of ether oxygens (including phenoxy) is 2. The van der Waals surface area contributed by atoms with Crippen LogP contribution in [-0.2, 0) is 5.88 Å². The number of hydrogen-bond donors (Lipinski definition) is 0. The summed E-state index contributed by atoms with van der Waals surface area (Å²) in [7, 11) is 1.45. The second kappa shape index (κ2) is 6.45. The van der Waals surface area contributed by atoms with Gasteiger partial charge < -0.3 is 9.47 Å². The van der Waals surface area contributed by atoms with Crippen LogP contribution in [0, 0.1) is 17.0 Å². The van der Waals surface area contributed by atoms with Gasteiger partial charge in [0.1, 0.15) is 11.5 Å². The molecule has 2 rings (SSSR count). The minimum Gasteiger partial charge on any atom is -0.496 e. The summed E-state index contributed by atoms with van der Waals surface area (Å²) in [5.41, 5.74) is 1.82.